The van der Waals surface area contributed by atoms with Crippen molar-refractivity contribution in [2.24, 2.45) is 0 Å². The van der Waals surface area contributed by atoms with Crippen LogP contribution in [0.1, 0.15) is 82.2 Å². The summed E-state index contributed by atoms with van der Waals surface area (Å²) in [5.41, 5.74) is 0. The molecule has 0 bridgehead atoms. The van der Waals surface area contributed by atoms with E-state index in [1.807, 2.05) is 0 Å². The molecular weight excluding hydrogens is 292 g/mol. The topological polar surface area (TPSA) is 70.5 Å². The highest BCUT2D eigenvalue weighted by atomic mass is 16.5. The number of ketones is 1. The molecule has 0 rings (SSSR count). The highest BCUT2D eigenvalue weighted by Gasteiger charge is 2.13. The van der Waals surface area contributed by atoms with E-state index >= 15 is 0 Å². The number of nitrogens with one attached hydrogen (secondary N) is 1. The van der Waals surface area contributed by atoms with Gasteiger partial charge in [0.15, 0.2) is 0 Å². The summed E-state index contributed by atoms with van der Waals surface area (Å²) < 4.78 is 27.1. The highest BCUT2D eigenvalue weighted by Crippen LogP contribution is 2.10. The van der Waals surface area contributed by atoms with Crippen molar-refractivity contribution in [1.82, 2.24) is 4.90 Å². The molecule has 5 nitrogen and oxygen atoms in total. The van der Waals surface area contributed by atoms with E-state index in [4.69, 9.17) is 14.3 Å². The molecular formula is C18H34N2O3. The SMILES string of the molecule is [2H]C([2H])([2H])N(CC(=O)OCC)C(=N)CC(=O)CCCCCCCCCC. The van der Waals surface area contributed by atoms with Gasteiger partial charge in [0.1, 0.15) is 18.2 Å². The summed E-state index contributed by atoms with van der Waals surface area (Å²) in [5, 5.41) is 7.91. The maximum atomic E-state index is 12.0. The summed E-state index contributed by atoms with van der Waals surface area (Å²) in [6.07, 6.45) is 9.06. The van der Waals surface area contributed by atoms with Crippen LogP contribution in [0.25, 0.3) is 0 Å². The van der Waals surface area contributed by atoms with Gasteiger partial charge in [-0.05, 0) is 13.3 Å². The fourth-order valence-corrected chi connectivity index (χ4v) is 2.26. The lowest BCUT2D eigenvalue weighted by molar-refractivity contribution is -0.143. The first-order valence-corrected chi connectivity index (χ1v) is 8.74. The second kappa shape index (κ2) is 14.2. The molecule has 0 saturated carbocycles. The second-order valence-corrected chi connectivity index (χ2v) is 5.78. The van der Waals surface area contributed by atoms with Crippen LogP contribution in [0.4, 0.5) is 0 Å². The van der Waals surface area contributed by atoms with Crippen LogP contribution in [0.2, 0.25) is 0 Å². The van der Waals surface area contributed by atoms with E-state index in [2.05, 4.69) is 6.92 Å². The zero-order valence-corrected chi connectivity index (χ0v) is 14.7. The molecule has 23 heavy (non-hydrogen) atoms. The van der Waals surface area contributed by atoms with Gasteiger partial charge in [0.05, 0.1) is 13.0 Å². The van der Waals surface area contributed by atoms with Crippen LogP contribution in [0.15, 0.2) is 0 Å². The summed E-state index contributed by atoms with van der Waals surface area (Å²) in [6.45, 7) is 0.745. The second-order valence-electron chi connectivity index (χ2n) is 5.78. The van der Waals surface area contributed by atoms with Gasteiger partial charge in [-0.2, -0.15) is 0 Å². The van der Waals surface area contributed by atoms with Crippen molar-refractivity contribution >= 4 is 17.6 Å². The largest absolute Gasteiger partial charge is 0.465 e. The standard InChI is InChI=1S/C18H34N2O3/c1-4-6-7-8-9-10-11-12-13-16(21)14-17(19)20(3)15-18(22)23-5-2/h19H,4-15H2,1-3H3/i3D3. The van der Waals surface area contributed by atoms with E-state index in [0.717, 1.165) is 19.3 Å². The quantitative estimate of drug-likeness (QED) is 0.227. The van der Waals surface area contributed by atoms with E-state index in [0.29, 0.717) is 11.3 Å². The maximum Gasteiger partial charge on any atom is 0.325 e. The van der Waals surface area contributed by atoms with Crippen LogP contribution in [-0.4, -0.2) is 42.6 Å². The molecule has 0 aliphatic carbocycles. The molecule has 5 heteroatoms. The molecule has 0 aromatic rings. The molecule has 0 aliphatic heterocycles. The van der Waals surface area contributed by atoms with Crippen molar-refractivity contribution in [2.75, 3.05) is 20.1 Å². The van der Waals surface area contributed by atoms with Gasteiger partial charge in [-0.25, -0.2) is 0 Å². The minimum absolute atomic E-state index is 0.137. The molecule has 0 saturated heterocycles. The number of unbranched alkanes of at least 4 members (excludes halogenated alkanes) is 7. The summed E-state index contributed by atoms with van der Waals surface area (Å²) in [5.74, 6) is -1.24. The molecule has 1 N–H and O–H groups in total. The number of esters is 1. The average Bonchev–Trinajstić information content (AvgIpc) is 2.54. The first-order valence-electron chi connectivity index (χ1n) is 10.2. The van der Waals surface area contributed by atoms with Gasteiger partial charge in [-0.3, -0.25) is 15.0 Å². The van der Waals surface area contributed by atoms with Crippen LogP contribution in [0.3, 0.4) is 0 Å². The molecule has 0 aromatic carbocycles. The van der Waals surface area contributed by atoms with Gasteiger partial charge in [0, 0.05) is 17.5 Å². The Morgan fingerprint density at radius 3 is 2.22 bits per heavy atom. The molecule has 0 radical (unpaired) electrons. The van der Waals surface area contributed by atoms with Crippen molar-refractivity contribution in [1.29, 1.82) is 5.41 Å². The number of nitrogens with zero attached hydrogens (tertiary/aromatic N) is 1. The lowest BCUT2D eigenvalue weighted by Gasteiger charge is -2.18. The molecule has 0 amide bonds. The van der Waals surface area contributed by atoms with E-state index in [9.17, 15) is 9.59 Å². The first kappa shape index (κ1) is 16.5. The van der Waals surface area contributed by atoms with E-state index < -0.39 is 19.5 Å². The number of carbonyl (C=O) groups is 2. The lowest BCUT2D eigenvalue weighted by Crippen LogP contribution is -2.33. The molecule has 0 aromatic heterocycles. The van der Waals surface area contributed by atoms with Crippen LogP contribution in [0, 0.1) is 5.41 Å². The van der Waals surface area contributed by atoms with Gasteiger partial charge < -0.3 is 9.64 Å². The Morgan fingerprint density at radius 2 is 1.65 bits per heavy atom. The van der Waals surface area contributed by atoms with Crippen molar-refractivity contribution in [3.8, 4) is 0 Å². The van der Waals surface area contributed by atoms with E-state index in [1.54, 1.807) is 6.92 Å². The Hall–Kier alpha value is -1.39. The molecule has 0 aliphatic rings. The first-order chi connectivity index (χ1) is 12.2. The normalized spacial score (nSPS) is 12.9. The Bertz CT molecular complexity index is 440. The number of amidine groups is 1. The molecule has 0 heterocycles. The molecule has 0 spiro atoms. The zero-order valence-electron chi connectivity index (χ0n) is 17.7. The van der Waals surface area contributed by atoms with E-state index in [-0.39, 0.29) is 24.6 Å². The van der Waals surface area contributed by atoms with Gasteiger partial charge in [-0.15, -0.1) is 0 Å². The number of ether oxygens (including phenoxy) is 1. The Morgan fingerprint density at radius 1 is 1.04 bits per heavy atom. The van der Waals surface area contributed by atoms with Crippen molar-refractivity contribution in [3.05, 3.63) is 0 Å². The van der Waals surface area contributed by atoms with Crippen molar-refractivity contribution in [3.63, 3.8) is 0 Å². The van der Waals surface area contributed by atoms with Gasteiger partial charge in [-0.1, -0.05) is 51.9 Å². The number of likely N-dealkylation sites (N-methyl/N-ethyl adjacent to an activating group) is 1. The Kier molecular flexibility index (Phi) is 10.2. The summed E-state index contributed by atoms with van der Waals surface area (Å²) in [4.78, 5) is 24.2. The number of rotatable bonds is 14. The van der Waals surface area contributed by atoms with Crippen LogP contribution in [0.5, 0.6) is 0 Å². The maximum absolute atomic E-state index is 12.0. The smallest absolute Gasteiger partial charge is 0.325 e. The van der Waals surface area contributed by atoms with Crippen molar-refractivity contribution < 1.29 is 18.4 Å². The Labute approximate surface area is 145 Å². The molecule has 134 valence electrons. The molecule has 0 unspecified atom stereocenters. The minimum atomic E-state index is -2.65. The molecule has 0 fully saturated rings. The van der Waals surface area contributed by atoms with Gasteiger partial charge >= 0.3 is 5.97 Å². The third-order valence-electron chi connectivity index (χ3n) is 3.59. The summed E-state index contributed by atoms with van der Waals surface area (Å²) >= 11 is 0. The summed E-state index contributed by atoms with van der Waals surface area (Å²) in [7, 11) is 0. The fourth-order valence-electron chi connectivity index (χ4n) is 2.26. The highest BCUT2D eigenvalue weighted by molar-refractivity contribution is 6.00. The van der Waals surface area contributed by atoms with Gasteiger partial charge in [0.2, 0.25) is 0 Å². The monoisotopic (exact) mass is 329 g/mol. The molecule has 0 atom stereocenters. The van der Waals surface area contributed by atoms with Crippen LogP contribution < -0.4 is 0 Å². The number of Topliss-reactive ketones (excluding diaryl/α,β-unsaturated/α-hetero) is 1. The van der Waals surface area contributed by atoms with Crippen molar-refractivity contribution in [2.45, 2.75) is 78.1 Å². The number of hydrogen-bond donors (Lipinski definition) is 1. The predicted octanol–water partition coefficient (Wildman–Crippen LogP) is 3.95. The summed E-state index contributed by atoms with van der Waals surface area (Å²) in [6, 6.07) is 0. The zero-order chi connectivity index (χ0) is 20.0. The van der Waals surface area contributed by atoms with Crippen LogP contribution >= 0.6 is 0 Å². The number of hydrogen-bond acceptors (Lipinski definition) is 4. The minimum Gasteiger partial charge on any atom is -0.465 e. The average molecular weight is 329 g/mol. The van der Waals surface area contributed by atoms with Crippen LogP contribution in [-0.2, 0) is 14.3 Å². The fraction of sp³-hybridized carbons (Fsp3) is 0.833. The third kappa shape index (κ3) is 12.8. The third-order valence-corrected chi connectivity index (χ3v) is 3.59. The lowest BCUT2D eigenvalue weighted by atomic mass is 10.0. The van der Waals surface area contributed by atoms with E-state index in [1.165, 1.54) is 32.1 Å². The van der Waals surface area contributed by atoms with Gasteiger partial charge in [0.25, 0.3) is 0 Å². The number of carbonyl (C=O) groups excluding carboxylic acids is 2. The predicted molar refractivity (Wildman–Crippen MR) is 93.8 cm³/mol. The Balaban J connectivity index is 4.19.